The van der Waals surface area contributed by atoms with Gasteiger partial charge in [-0.2, -0.15) is 0 Å². The van der Waals surface area contributed by atoms with Crippen molar-refractivity contribution in [2.24, 2.45) is 0 Å². The van der Waals surface area contributed by atoms with Crippen LogP contribution in [0.1, 0.15) is 20.7 Å². The number of imide groups is 1. The van der Waals surface area contributed by atoms with Crippen molar-refractivity contribution in [3.8, 4) is 0 Å². The number of nitrogens with zero attached hydrogens (tertiary/aromatic N) is 1. The first kappa shape index (κ1) is 13.2. The zero-order valence-electron chi connectivity index (χ0n) is 10.6. The molecule has 19 heavy (non-hydrogen) atoms. The fourth-order valence-corrected chi connectivity index (χ4v) is 2.03. The molecule has 1 aromatic rings. The van der Waals surface area contributed by atoms with Crippen LogP contribution in [0.4, 0.5) is 0 Å². The maximum atomic E-state index is 12.2. The summed E-state index contributed by atoms with van der Waals surface area (Å²) in [4.78, 5) is 36.9. The molecule has 0 spiro atoms. The number of benzene rings is 1. The van der Waals surface area contributed by atoms with Gasteiger partial charge in [-0.15, -0.1) is 0 Å². The zero-order chi connectivity index (χ0) is 14.0. The van der Waals surface area contributed by atoms with E-state index in [0.717, 1.165) is 4.90 Å². The highest BCUT2D eigenvalue weighted by Crippen LogP contribution is 2.24. The number of fused-ring (bicyclic) bond motifs is 1. The minimum atomic E-state index is -1.07. The quantitative estimate of drug-likeness (QED) is 0.583. The SMILES string of the molecule is COC[C@H](C(=O)OC)N1C(=O)c2ccccc2C1=O. The summed E-state index contributed by atoms with van der Waals surface area (Å²) in [5.41, 5.74) is 0.579. The molecule has 2 amide bonds. The topological polar surface area (TPSA) is 72.9 Å². The fourth-order valence-electron chi connectivity index (χ4n) is 2.03. The molecule has 2 rings (SSSR count). The largest absolute Gasteiger partial charge is 0.467 e. The number of carbonyl (C=O) groups excluding carboxylic acids is 3. The molecule has 0 unspecified atom stereocenters. The molecule has 0 saturated carbocycles. The van der Waals surface area contributed by atoms with Gasteiger partial charge < -0.3 is 9.47 Å². The Labute approximate surface area is 109 Å². The van der Waals surface area contributed by atoms with Gasteiger partial charge in [0, 0.05) is 7.11 Å². The van der Waals surface area contributed by atoms with Crippen LogP contribution < -0.4 is 0 Å². The fraction of sp³-hybridized carbons (Fsp3) is 0.308. The van der Waals surface area contributed by atoms with Gasteiger partial charge in [0.2, 0.25) is 0 Å². The van der Waals surface area contributed by atoms with Crippen LogP contribution in [0, 0.1) is 0 Å². The van der Waals surface area contributed by atoms with Crippen LogP contribution in [0.25, 0.3) is 0 Å². The summed E-state index contributed by atoms with van der Waals surface area (Å²) in [5, 5.41) is 0. The molecule has 0 radical (unpaired) electrons. The van der Waals surface area contributed by atoms with Gasteiger partial charge in [-0.05, 0) is 12.1 Å². The summed E-state index contributed by atoms with van der Waals surface area (Å²) in [7, 11) is 2.58. The van der Waals surface area contributed by atoms with E-state index in [2.05, 4.69) is 4.74 Å². The predicted molar refractivity (Wildman–Crippen MR) is 64.6 cm³/mol. The highest BCUT2D eigenvalue weighted by atomic mass is 16.5. The van der Waals surface area contributed by atoms with E-state index in [-0.39, 0.29) is 17.7 Å². The summed E-state index contributed by atoms with van der Waals surface area (Å²) in [6, 6.07) is 5.36. The first-order valence-electron chi connectivity index (χ1n) is 5.65. The van der Waals surface area contributed by atoms with Crippen molar-refractivity contribution in [3.63, 3.8) is 0 Å². The van der Waals surface area contributed by atoms with E-state index in [1.165, 1.54) is 14.2 Å². The number of ether oxygens (including phenoxy) is 2. The van der Waals surface area contributed by atoms with E-state index in [9.17, 15) is 14.4 Å². The van der Waals surface area contributed by atoms with E-state index in [4.69, 9.17) is 4.74 Å². The normalized spacial score (nSPS) is 15.4. The molecule has 0 saturated heterocycles. The van der Waals surface area contributed by atoms with Crippen LogP contribution in [-0.4, -0.2) is 49.6 Å². The molecule has 1 aliphatic heterocycles. The lowest BCUT2D eigenvalue weighted by Crippen LogP contribution is -2.48. The zero-order valence-corrected chi connectivity index (χ0v) is 10.6. The summed E-state index contributed by atoms with van der Waals surface area (Å²) < 4.78 is 9.50. The molecule has 6 heteroatoms. The highest BCUT2D eigenvalue weighted by Gasteiger charge is 2.43. The second-order valence-corrected chi connectivity index (χ2v) is 4.02. The van der Waals surface area contributed by atoms with E-state index in [1.54, 1.807) is 24.3 Å². The summed E-state index contributed by atoms with van der Waals surface area (Å²) >= 11 is 0. The third-order valence-corrected chi connectivity index (χ3v) is 2.93. The van der Waals surface area contributed by atoms with Gasteiger partial charge in [-0.25, -0.2) is 4.79 Å². The first-order valence-corrected chi connectivity index (χ1v) is 5.65. The molecule has 1 heterocycles. The second kappa shape index (κ2) is 5.19. The maximum Gasteiger partial charge on any atom is 0.331 e. The van der Waals surface area contributed by atoms with Crippen molar-refractivity contribution in [2.75, 3.05) is 20.8 Å². The van der Waals surface area contributed by atoms with Crippen molar-refractivity contribution >= 4 is 17.8 Å². The third kappa shape index (κ3) is 2.10. The molecular weight excluding hydrogens is 250 g/mol. The van der Waals surface area contributed by atoms with Crippen LogP contribution in [0.3, 0.4) is 0 Å². The number of amides is 2. The molecule has 0 N–H and O–H groups in total. The predicted octanol–water partition coefficient (Wildman–Crippen LogP) is 0.471. The molecular formula is C13H13NO5. The smallest absolute Gasteiger partial charge is 0.331 e. The Balaban J connectivity index is 2.39. The van der Waals surface area contributed by atoms with E-state index < -0.39 is 23.8 Å². The van der Waals surface area contributed by atoms with Gasteiger partial charge in [-0.1, -0.05) is 12.1 Å². The number of hydrogen-bond donors (Lipinski definition) is 0. The Morgan fingerprint density at radius 3 is 2.11 bits per heavy atom. The molecule has 100 valence electrons. The van der Waals surface area contributed by atoms with Crippen LogP contribution in [0.2, 0.25) is 0 Å². The average Bonchev–Trinajstić information content (AvgIpc) is 2.68. The van der Waals surface area contributed by atoms with Gasteiger partial charge in [0.1, 0.15) is 0 Å². The lowest BCUT2D eigenvalue weighted by atomic mass is 10.1. The first-order chi connectivity index (χ1) is 9.11. The number of esters is 1. The van der Waals surface area contributed by atoms with Crippen molar-refractivity contribution in [1.82, 2.24) is 4.90 Å². The lowest BCUT2D eigenvalue weighted by Gasteiger charge is -2.22. The average molecular weight is 263 g/mol. The Kier molecular flexibility index (Phi) is 3.62. The number of rotatable bonds is 4. The summed E-state index contributed by atoms with van der Waals surface area (Å²) in [6.45, 7) is -0.0991. The second-order valence-electron chi connectivity index (χ2n) is 4.02. The Hall–Kier alpha value is -2.21. The Morgan fingerprint density at radius 1 is 1.16 bits per heavy atom. The molecule has 1 aliphatic rings. The standard InChI is InChI=1S/C13H13NO5/c1-18-7-10(13(17)19-2)14-11(15)8-5-3-4-6-9(8)12(14)16/h3-6,10H,7H2,1-2H3/t10-/m1/s1. The van der Waals surface area contributed by atoms with Gasteiger partial charge in [0.25, 0.3) is 11.8 Å². The number of carbonyl (C=O) groups is 3. The molecule has 1 atom stereocenters. The van der Waals surface area contributed by atoms with Crippen LogP contribution in [0.15, 0.2) is 24.3 Å². The maximum absolute atomic E-state index is 12.2. The van der Waals surface area contributed by atoms with Gasteiger partial charge in [0.15, 0.2) is 6.04 Å². The minimum absolute atomic E-state index is 0.0991. The molecule has 0 fully saturated rings. The van der Waals surface area contributed by atoms with Crippen LogP contribution in [-0.2, 0) is 14.3 Å². The van der Waals surface area contributed by atoms with Crippen LogP contribution in [0.5, 0.6) is 0 Å². The van der Waals surface area contributed by atoms with Crippen molar-refractivity contribution in [2.45, 2.75) is 6.04 Å². The molecule has 0 bridgehead atoms. The minimum Gasteiger partial charge on any atom is -0.467 e. The van der Waals surface area contributed by atoms with E-state index in [1.807, 2.05) is 0 Å². The molecule has 6 nitrogen and oxygen atoms in total. The van der Waals surface area contributed by atoms with Crippen molar-refractivity contribution < 1.29 is 23.9 Å². The third-order valence-electron chi connectivity index (χ3n) is 2.93. The molecule has 1 aromatic carbocycles. The van der Waals surface area contributed by atoms with E-state index in [0.29, 0.717) is 0 Å². The summed E-state index contributed by atoms with van der Waals surface area (Å²) in [5.74, 6) is -1.70. The lowest BCUT2D eigenvalue weighted by molar-refractivity contribution is -0.147. The van der Waals surface area contributed by atoms with Crippen LogP contribution >= 0.6 is 0 Å². The van der Waals surface area contributed by atoms with Gasteiger partial charge in [0.05, 0.1) is 24.8 Å². The van der Waals surface area contributed by atoms with Crippen molar-refractivity contribution in [1.29, 1.82) is 0 Å². The summed E-state index contributed by atoms with van der Waals surface area (Å²) in [6.07, 6.45) is 0. The van der Waals surface area contributed by atoms with Gasteiger partial charge in [-0.3, -0.25) is 14.5 Å². The number of hydrogen-bond acceptors (Lipinski definition) is 5. The Morgan fingerprint density at radius 2 is 1.68 bits per heavy atom. The van der Waals surface area contributed by atoms with E-state index >= 15 is 0 Å². The number of methoxy groups -OCH3 is 2. The highest BCUT2D eigenvalue weighted by molar-refractivity contribution is 6.22. The molecule has 0 aromatic heterocycles. The molecule has 0 aliphatic carbocycles. The Bertz CT molecular complexity index is 505. The van der Waals surface area contributed by atoms with Crippen molar-refractivity contribution in [3.05, 3.63) is 35.4 Å². The monoisotopic (exact) mass is 263 g/mol. The van der Waals surface area contributed by atoms with Gasteiger partial charge >= 0.3 is 5.97 Å².